The Morgan fingerprint density at radius 1 is 1.28 bits per heavy atom. The fraction of sp³-hybridized carbons (Fsp3) is 0.409. The highest BCUT2D eigenvalue weighted by Crippen LogP contribution is 2.33. The maximum atomic E-state index is 12.7. The van der Waals surface area contributed by atoms with Crippen LogP contribution in [0.1, 0.15) is 24.1 Å². The monoisotopic (exact) mass is 408 g/mol. The van der Waals surface area contributed by atoms with Crippen molar-refractivity contribution in [1.29, 1.82) is 0 Å². The van der Waals surface area contributed by atoms with E-state index in [2.05, 4.69) is 16.0 Å². The Morgan fingerprint density at radius 3 is 3.10 bits per heavy atom. The van der Waals surface area contributed by atoms with Crippen LogP contribution < -0.4 is 15.2 Å². The number of aryl methyl sites for hydroxylation is 1. The van der Waals surface area contributed by atoms with Gasteiger partial charge < -0.3 is 9.64 Å². The van der Waals surface area contributed by atoms with Crippen molar-refractivity contribution in [2.75, 3.05) is 24.3 Å². The van der Waals surface area contributed by atoms with E-state index in [1.54, 1.807) is 17.9 Å². The zero-order valence-corrected chi connectivity index (χ0v) is 17.3. The Kier molecular flexibility index (Phi) is 4.91. The molecule has 0 radical (unpaired) electrons. The van der Waals surface area contributed by atoms with Gasteiger partial charge in [-0.2, -0.15) is 16.9 Å². The summed E-state index contributed by atoms with van der Waals surface area (Å²) in [6, 6.07) is 10.1. The molecule has 1 atom stereocenters. The van der Waals surface area contributed by atoms with Crippen LogP contribution in [0.2, 0.25) is 0 Å². The van der Waals surface area contributed by atoms with Crippen molar-refractivity contribution in [3.63, 3.8) is 0 Å². The molecular formula is C22H24N4O2S. The third-order valence-electron chi connectivity index (χ3n) is 5.90. The maximum Gasteiger partial charge on any atom is 0.267 e. The maximum absolute atomic E-state index is 12.7. The van der Waals surface area contributed by atoms with Gasteiger partial charge in [-0.3, -0.25) is 9.78 Å². The second-order valence-electron chi connectivity index (χ2n) is 7.64. The molecule has 3 aromatic rings. The van der Waals surface area contributed by atoms with Crippen LogP contribution >= 0.6 is 11.8 Å². The molecule has 1 unspecified atom stereocenters. The minimum atomic E-state index is 0.0133. The quantitative estimate of drug-likeness (QED) is 0.660. The molecule has 7 heteroatoms. The second kappa shape index (κ2) is 7.71. The summed E-state index contributed by atoms with van der Waals surface area (Å²) in [4.78, 5) is 19.6. The van der Waals surface area contributed by atoms with E-state index in [0.29, 0.717) is 6.54 Å². The minimum Gasteiger partial charge on any atom is -0.497 e. The Morgan fingerprint density at radius 2 is 2.21 bits per heavy atom. The van der Waals surface area contributed by atoms with E-state index in [1.165, 1.54) is 0 Å². The van der Waals surface area contributed by atoms with E-state index in [4.69, 9.17) is 9.84 Å². The molecule has 1 fully saturated rings. The third-order valence-corrected chi connectivity index (χ3v) is 6.91. The van der Waals surface area contributed by atoms with Crippen molar-refractivity contribution in [3.05, 3.63) is 58.1 Å². The minimum absolute atomic E-state index is 0.0133. The van der Waals surface area contributed by atoms with Crippen molar-refractivity contribution in [3.8, 4) is 5.75 Å². The summed E-state index contributed by atoms with van der Waals surface area (Å²) in [7, 11) is 1.68. The van der Waals surface area contributed by atoms with Crippen LogP contribution in [0.25, 0.3) is 10.9 Å². The van der Waals surface area contributed by atoms with Crippen LogP contribution in [-0.4, -0.2) is 40.2 Å². The van der Waals surface area contributed by atoms with Crippen molar-refractivity contribution < 1.29 is 4.74 Å². The van der Waals surface area contributed by atoms with Gasteiger partial charge in [0.05, 0.1) is 24.9 Å². The molecular weight excluding hydrogens is 384 g/mol. The summed E-state index contributed by atoms with van der Waals surface area (Å²) in [5.41, 5.74) is 4.32. The number of anilines is 1. The average molecular weight is 409 g/mol. The summed E-state index contributed by atoms with van der Waals surface area (Å²) in [6.45, 7) is 1.59. The molecule has 5 rings (SSSR count). The molecule has 1 aromatic carbocycles. The van der Waals surface area contributed by atoms with Crippen LogP contribution in [0.4, 0.5) is 5.69 Å². The number of methoxy groups -OCH3 is 1. The van der Waals surface area contributed by atoms with Crippen LogP contribution in [-0.2, 0) is 18.7 Å². The van der Waals surface area contributed by atoms with Gasteiger partial charge in [-0.1, -0.05) is 0 Å². The molecule has 0 spiro atoms. The number of thioether (sulfide) groups is 1. The highest BCUT2D eigenvalue weighted by atomic mass is 32.2. The normalized spacial score (nSPS) is 18.8. The van der Waals surface area contributed by atoms with E-state index in [0.717, 1.165) is 70.9 Å². The Labute approximate surface area is 173 Å². The standard InChI is InChI=1S/C22H24N4O2S/c1-28-17-4-5-20-18(12-17)21(6-8-23-20)25-9-2-3-16(25)13-26-22(27)11-15-14-29-10-7-19(15)24-26/h4-6,8,11-12,16H,2-3,7,9-10,13-14H2,1H3. The number of fused-ring (bicyclic) bond motifs is 2. The summed E-state index contributed by atoms with van der Waals surface area (Å²) < 4.78 is 7.11. The van der Waals surface area contributed by atoms with Crippen molar-refractivity contribution in [1.82, 2.24) is 14.8 Å². The van der Waals surface area contributed by atoms with Gasteiger partial charge in [0.25, 0.3) is 5.56 Å². The Balaban J connectivity index is 1.49. The smallest absolute Gasteiger partial charge is 0.267 e. The van der Waals surface area contributed by atoms with Gasteiger partial charge in [0.2, 0.25) is 0 Å². The summed E-state index contributed by atoms with van der Waals surface area (Å²) in [5.74, 6) is 2.81. The van der Waals surface area contributed by atoms with Crippen molar-refractivity contribution in [2.24, 2.45) is 0 Å². The number of pyridine rings is 1. The molecule has 150 valence electrons. The van der Waals surface area contributed by atoms with Crippen LogP contribution in [0.15, 0.2) is 41.3 Å². The van der Waals surface area contributed by atoms with Crippen LogP contribution in [0.3, 0.4) is 0 Å². The molecule has 0 N–H and O–H groups in total. The first kappa shape index (κ1) is 18.5. The molecule has 29 heavy (non-hydrogen) atoms. The van der Waals surface area contributed by atoms with E-state index < -0.39 is 0 Å². The number of nitrogens with zero attached hydrogens (tertiary/aromatic N) is 4. The number of hydrogen-bond acceptors (Lipinski definition) is 6. The van der Waals surface area contributed by atoms with E-state index in [1.807, 2.05) is 36.2 Å². The molecule has 1 saturated heterocycles. The highest BCUT2D eigenvalue weighted by Gasteiger charge is 2.27. The second-order valence-corrected chi connectivity index (χ2v) is 8.75. The van der Waals surface area contributed by atoms with E-state index in [9.17, 15) is 4.79 Å². The van der Waals surface area contributed by atoms with Gasteiger partial charge in [0.1, 0.15) is 5.75 Å². The topological polar surface area (TPSA) is 60.2 Å². The average Bonchev–Trinajstić information content (AvgIpc) is 3.21. The number of aromatic nitrogens is 3. The molecule has 2 aromatic heterocycles. The van der Waals surface area contributed by atoms with E-state index >= 15 is 0 Å². The predicted octanol–water partition coefficient (Wildman–Crippen LogP) is 3.26. The molecule has 6 nitrogen and oxygen atoms in total. The molecule has 2 aliphatic heterocycles. The van der Waals surface area contributed by atoms with Crippen LogP contribution in [0, 0.1) is 0 Å². The fourth-order valence-electron chi connectivity index (χ4n) is 4.41. The van der Waals surface area contributed by atoms with Gasteiger partial charge >= 0.3 is 0 Å². The van der Waals surface area contributed by atoms with Gasteiger partial charge in [-0.15, -0.1) is 0 Å². The molecule has 0 amide bonds. The molecule has 4 heterocycles. The lowest BCUT2D eigenvalue weighted by atomic mass is 10.1. The number of ether oxygens (including phenoxy) is 1. The molecule has 2 aliphatic rings. The highest BCUT2D eigenvalue weighted by molar-refractivity contribution is 7.98. The zero-order chi connectivity index (χ0) is 19.8. The first-order chi connectivity index (χ1) is 14.2. The Bertz CT molecular complexity index is 1110. The van der Waals surface area contributed by atoms with Crippen LogP contribution in [0.5, 0.6) is 5.75 Å². The number of rotatable bonds is 4. The first-order valence-electron chi connectivity index (χ1n) is 10.1. The zero-order valence-electron chi connectivity index (χ0n) is 16.5. The van der Waals surface area contributed by atoms with Crippen molar-refractivity contribution >= 4 is 28.4 Å². The lowest BCUT2D eigenvalue weighted by molar-refractivity contribution is 0.415. The van der Waals surface area contributed by atoms with Gasteiger partial charge in [-0.05, 0) is 48.4 Å². The number of benzene rings is 1. The molecule has 0 bridgehead atoms. The van der Waals surface area contributed by atoms with Crippen molar-refractivity contribution in [2.45, 2.75) is 37.6 Å². The largest absolute Gasteiger partial charge is 0.497 e. The fourth-order valence-corrected chi connectivity index (χ4v) is 5.37. The lowest BCUT2D eigenvalue weighted by Gasteiger charge is -2.28. The van der Waals surface area contributed by atoms with Gasteiger partial charge in [0.15, 0.2) is 0 Å². The third kappa shape index (κ3) is 3.48. The summed E-state index contributed by atoms with van der Waals surface area (Å²) in [6.07, 6.45) is 4.97. The summed E-state index contributed by atoms with van der Waals surface area (Å²) >= 11 is 1.87. The Hall–Kier alpha value is -2.54. The van der Waals surface area contributed by atoms with Gasteiger partial charge in [0, 0.05) is 48.1 Å². The predicted molar refractivity (Wildman–Crippen MR) is 117 cm³/mol. The number of hydrogen-bond donors (Lipinski definition) is 0. The SMILES string of the molecule is COc1ccc2nccc(N3CCCC3Cn3nc4c(cc3=O)CSCC4)c2c1. The van der Waals surface area contributed by atoms with Gasteiger partial charge in [-0.25, -0.2) is 4.68 Å². The van der Waals surface area contributed by atoms with E-state index in [-0.39, 0.29) is 11.6 Å². The first-order valence-corrected chi connectivity index (χ1v) is 11.3. The summed E-state index contributed by atoms with van der Waals surface area (Å²) in [5, 5.41) is 5.81. The molecule has 0 aliphatic carbocycles. The molecule has 0 saturated carbocycles. The lowest BCUT2D eigenvalue weighted by Crippen LogP contribution is -2.38.